The number of alkyl halides is 1. The van der Waals surface area contributed by atoms with Gasteiger partial charge in [-0.25, -0.2) is 0 Å². The number of methoxy groups -OCH3 is 1. The van der Waals surface area contributed by atoms with Gasteiger partial charge in [0, 0.05) is 0 Å². The number of esters is 1. The predicted octanol–water partition coefficient (Wildman–Crippen LogP) is -2.40. The molecule has 0 saturated heterocycles. The summed E-state index contributed by atoms with van der Waals surface area (Å²) in [6, 6.07) is 0. The van der Waals surface area contributed by atoms with E-state index in [0.29, 0.717) is 4.43 Å². The Bertz CT molecular complexity index is 64.0. The molecule has 0 aromatic heterocycles. The molecule has 0 spiro atoms. The van der Waals surface area contributed by atoms with Gasteiger partial charge in [-0.2, -0.15) is 0 Å². The third kappa shape index (κ3) is 4.79. The zero-order chi connectivity index (χ0) is 5.70. The van der Waals surface area contributed by atoms with Crippen molar-refractivity contribution in [3.63, 3.8) is 0 Å². The minimum absolute atomic E-state index is 0.0562. The van der Waals surface area contributed by atoms with Gasteiger partial charge in [0.2, 0.25) is 0 Å². The van der Waals surface area contributed by atoms with Crippen LogP contribution in [0, 0.1) is 0 Å². The Morgan fingerprint density at radius 1 is 2.00 bits per heavy atom. The molecule has 0 aliphatic heterocycles. The van der Waals surface area contributed by atoms with E-state index in [-0.39, 0.29) is 23.2 Å². The van der Waals surface area contributed by atoms with Crippen LogP contribution in [-0.2, 0) is 9.53 Å². The molecule has 0 amide bonds. The number of ether oxygens (including phenoxy) is 1. The van der Waals surface area contributed by atoms with Gasteiger partial charge in [0.25, 0.3) is 0 Å². The van der Waals surface area contributed by atoms with E-state index >= 15 is 0 Å². The summed E-state index contributed by atoms with van der Waals surface area (Å²) in [6.07, 6.45) is 0. The van der Waals surface area contributed by atoms with Crippen molar-refractivity contribution in [2.24, 2.45) is 0 Å². The van der Waals surface area contributed by atoms with Gasteiger partial charge in [0.1, 0.15) is 0 Å². The Hall–Kier alpha value is 0.930. The molecule has 44 valence electrons. The van der Waals surface area contributed by atoms with Crippen LogP contribution in [0.1, 0.15) is 0 Å². The molecule has 0 rings (SSSR count). The summed E-state index contributed by atoms with van der Waals surface area (Å²) in [5.74, 6) is -0.0813. The van der Waals surface area contributed by atoms with Gasteiger partial charge >= 0.3 is 62.9 Å². The van der Waals surface area contributed by atoms with Crippen molar-refractivity contribution < 1.29 is 26.8 Å². The Balaban J connectivity index is 3.00. The van der Waals surface area contributed by atoms with Crippen LogP contribution in [0.4, 0.5) is 0 Å². The number of hydrogen-bond acceptors (Lipinski definition) is 2. The first-order valence-corrected chi connectivity index (χ1v) is 9.39. The minimum atomic E-state index is -0.0813. The Morgan fingerprint density at radius 2 is 2.57 bits per heavy atom. The first-order valence-electron chi connectivity index (χ1n) is 1.58. The van der Waals surface area contributed by atoms with Gasteiger partial charge < -0.3 is 0 Å². The van der Waals surface area contributed by atoms with Crippen LogP contribution >= 0.6 is 18.6 Å². The number of rotatable bonds is 2. The third-order valence-corrected chi connectivity index (χ3v) is 3.23. The molecule has 0 atom stereocenters. The number of carbonyl (C=O) groups is 1. The van der Waals surface area contributed by atoms with Crippen molar-refractivity contribution in [2.75, 3.05) is 11.5 Å². The molecule has 7 heavy (non-hydrogen) atoms. The molecule has 0 unspecified atom stereocenters. The quantitative estimate of drug-likeness (QED) is 0.321. The fourth-order valence-corrected chi connectivity index (χ4v) is 2.22. The van der Waals surface area contributed by atoms with E-state index in [4.69, 9.17) is 0 Å². The number of halogens is 2. The van der Waals surface area contributed by atoms with Crippen molar-refractivity contribution in [3.8, 4) is 0 Å². The molecular weight excluding hydrogens is 322 g/mol. The van der Waals surface area contributed by atoms with E-state index in [9.17, 15) is 4.79 Å². The average Bonchev–Trinajstić information content (AvgIpc) is 1.68. The molecule has 0 heterocycles. The van der Waals surface area contributed by atoms with Crippen LogP contribution in [0.25, 0.3) is 0 Å². The maximum absolute atomic E-state index is 10.2. The molecule has 2 nitrogen and oxygen atoms in total. The molecular formula is C3H5I2O2-. The molecule has 0 aromatic rings. The molecule has 4 heteroatoms. The maximum atomic E-state index is 10.2. The van der Waals surface area contributed by atoms with Crippen LogP contribution in [0.15, 0.2) is 0 Å². The normalized spacial score (nSPS) is 8.86. The number of carbonyl (C=O) groups excluding carboxylic acids is 1. The van der Waals surface area contributed by atoms with Crippen LogP contribution in [0.3, 0.4) is 0 Å². The van der Waals surface area contributed by atoms with Gasteiger partial charge in [-0.15, -0.1) is 0 Å². The predicted molar refractivity (Wildman–Crippen MR) is 30.9 cm³/mol. The van der Waals surface area contributed by atoms with Crippen LogP contribution in [-0.4, -0.2) is 17.5 Å². The monoisotopic (exact) mass is 327 g/mol. The van der Waals surface area contributed by atoms with Gasteiger partial charge in [0.05, 0.1) is 0 Å². The molecule has 0 aliphatic carbocycles. The molecule has 0 fully saturated rings. The Labute approximate surface area is 62.4 Å². The third-order valence-electron chi connectivity index (χ3n) is 0.387. The van der Waals surface area contributed by atoms with E-state index in [2.05, 4.69) is 23.4 Å². The molecule has 0 N–H and O–H groups in total. The molecule has 0 bridgehead atoms. The topological polar surface area (TPSA) is 26.3 Å². The summed E-state index contributed by atoms with van der Waals surface area (Å²) in [4.78, 5) is 10.2. The van der Waals surface area contributed by atoms with Crippen molar-refractivity contribution in [1.82, 2.24) is 0 Å². The van der Waals surface area contributed by atoms with E-state index in [0.717, 1.165) is 0 Å². The fraction of sp³-hybridized carbons (Fsp3) is 0.667. The average molecular weight is 327 g/mol. The van der Waals surface area contributed by atoms with Gasteiger partial charge in [0.15, 0.2) is 0 Å². The molecule has 0 aliphatic rings. The second-order valence-electron chi connectivity index (χ2n) is 0.811. The molecule has 0 aromatic carbocycles. The van der Waals surface area contributed by atoms with E-state index in [1.807, 2.05) is 0 Å². The summed E-state index contributed by atoms with van der Waals surface area (Å²) in [7, 11) is 1.42. The molecule has 0 saturated carbocycles. The van der Waals surface area contributed by atoms with Crippen molar-refractivity contribution in [2.45, 2.75) is 0 Å². The first-order chi connectivity index (χ1) is 3.31. The zero-order valence-electron chi connectivity index (χ0n) is 3.78. The van der Waals surface area contributed by atoms with Crippen molar-refractivity contribution in [1.29, 1.82) is 0 Å². The van der Waals surface area contributed by atoms with Crippen molar-refractivity contribution in [3.05, 3.63) is 0 Å². The second kappa shape index (κ2) is 5.07. The summed E-state index contributed by atoms with van der Waals surface area (Å²) in [6.45, 7) is 0. The summed E-state index contributed by atoms with van der Waals surface area (Å²) in [5, 5.41) is 0. The van der Waals surface area contributed by atoms with E-state index in [1.165, 1.54) is 7.11 Å². The summed E-state index contributed by atoms with van der Waals surface area (Å²) in [5.41, 5.74) is 0. The second-order valence-corrected chi connectivity index (χ2v) is 6.02. The standard InChI is InChI=1S/C3H5I2O2/c1-7-3(6)2-5-4/h2H2,1H3/q-1. The zero-order valence-corrected chi connectivity index (χ0v) is 8.09. The summed E-state index contributed by atoms with van der Waals surface area (Å²) >= 11 is 2.29. The molecule has 0 radical (unpaired) electrons. The summed E-state index contributed by atoms with van der Waals surface area (Å²) < 4.78 is 5.01. The SMILES string of the molecule is COC(=O)C[I-]I. The van der Waals surface area contributed by atoms with Crippen LogP contribution < -0.4 is 17.2 Å². The van der Waals surface area contributed by atoms with E-state index in [1.54, 1.807) is 0 Å². The van der Waals surface area contributed by atoms with Crippen LogP contribution in [0.2, 0.25) is 0 Å². The Morgan fingerprint density at radius 3 is 2.71 bits per heavy atom. The van der Waals surface area contributed by atoms with Crippen molar-refractivity contribution >= 4 is 24.6 Å². The van der Waals surface area contributed by atoms with Gasteiger partial charge in [-0.1, -0.05) is 0 Å². The van der Waals surface area contributed by atoms with Crippen LogP contribution in [0.5, 0.6) is 0 Å². The Kier molecular flexibility index (Phi) is 5.75. The fourth-order valence-electron chi connectivity index (χ4n) is 0.0958. The van der Waals surface area contributed by atoms with Gasteiger partial charge in [-0.3, -0.25) is 0 Å². The first kappa shape index (κ1) is 7.93. The number of hydrogen-bond donors (Lipinski definition) is 0. The van der Waals surface area contributed by atoms with Gasteiger partial charge in [-0.05, 0) is 0 Å². The van der Waals surface area contributed by atoms with E-state index < -0.39 is 0 Å².